The lowest BCUT2D eigenvalue weighted by Crippen LogP contribution is -2.53. The molecule has 44 heavy (non-hydrogen) atoms. The van der Waals surface area contributed by atoms with Crippen molar-refractivity contribution in [2.45, 2.75) is 62.4 Å². The fourth-order valence-electron chi connectivity index (χ4n) is 5.38. The second-order valence-corrected chi connectivity index (χ2v) is 13.1. The summed E-state index contributed by atoms with van der Waals surface area (Å²) in [7, 11) is -1.41. The van der Waals surface area contributed by atoms with Gasteiger partial charge in [0.15, 0.2) is 11.5 Å². The van der Waals surface area contributed by atoms with Gasteiger partial charge in [-0.1, -0.05) is 61.2 Å². The summed E-state index contributed by atoms with van der Waals surface area (Å²) >= 11 is 6.11. The van der Waals surface area contributed by atoms with Gasteiger partial charge in [0.25, 0.3) is 10.0 Å². The zero-order valence-electron chi connectivity index (χ0n) is 25.4. The molecule has 0 spiro atoms. The molecule has 1 aliphatic rings. The molecule has 1 saturated carbocycles. The van der Waals surface area contributed by atoms with Crippen molar-refractivity contribution in [3.63, 3.8) is 0 Å². The number of carbonyl (C=O) groups excluding carboxylic acids is 2. The van der Waals surface area contributed by atoms with Crippen LogP contribution in [0.25, 0.3) is 0 Å². The van der Waals surface area contributed by atoms with Crippen LogP contribution in [0.15, 0.2) is 77.7 Å². The molecule has 11 heteroatoms. The van der Waals surface area contributed by atoms with E-state index >= 15 is 0 Å². The highest BCUT2D eigenvalue weighted by Gasteiger charge is 2.33. The van der Waals surface area contributed by atoms with Gasteiger partial charge in [-0.25, -0.2) is 8.42 Å². The molecule has 0 bridgehead atoms. The maximum Gasteiger partial charge on any atom is 0.264 e. The summed E-state index contributed by atoms with van der Waals surface area (Å²) in [4.78, 5) is 28.9. The van der Waals surface area contributed by atoms with E-state index in [1.54, 1.807) is 31.2 Å². The first-order valence-electron chi connectivity index (χ1n) is 14.8. The maximum atomic E-state index is 14.1. The maximum absolute atomic E-state index is 14.1. The minimum Gasteiger partial charge on any atom is -0.493 e. The molecule has 0 aromatic heterocycles. The summed E-state index contributed by atoms with van der Waals surface area (Å²) in [6.07, 6.45) is 5.57. The van der Waals surface area contributed by atoms with Crippen LogP contribution >= 0.6 is 11.6 Å². The van der Waals surface area contributed by atoms with E-state index in [2.05, 4.69) is 5.32 Å². The molecule has 0 heterocycles. The molecule has 1 atom stereocenters. The number of carbonyl (C=O) groups is 2. The molecule has 0 radical (unpaired) electrons. The van der Waals surface area contributed by atoms with Crippen LogP contribution in [0.4, 0.5) is 5.69 Å². The van der Waals surface area contributed by atoms with E-state index in [1.165, 1.54) is 37.3 Å². The van der Waals surface area contributed by atoms with Gasteiger partial charge in [0.05, 0.1) is 24.8 Å². The summed E-state index contributed by atoms with van der Waals surface area (Å²) in [5.41, 5.74) is 1.25. The standard InChI is InChI=1S/C33H40ClN3O6S/c1-24(33(39)35-27-12-8-5-9-13-27)36(21-20-25-10-6-4-7-11-25)32(38)23-37(28-16-14-26(34)15-17-28)44(40,41)29-18-19-30(42-2)31(22-29)43-3/h4,6-7,10-11,14-19,22,24,27H,5,8-9,12-13,20-21,23H2,1-3H3,(H,35,39). The Labute approximate surface area is 265 Å². The molecule has 1 N–H and O–H groups in total. The Morgan fingerprint density at radius 1 is 0.932 bits per heavy atom. The number of nitrogens with zero attached hydrogens (tertiary/aromatic N) is 2. The van der Waals surface area contributed by atoms with Crippen molar-refractivity contribution in [1.29, 1.82) is 0 Å². The minimum absolute atomic E-state index is 0.0702. The molecule has 0 aliphatic heterocycles. The number of hydrogen-bond donors (Lipinski definition) is 1. The predicted molar refractivity (Wildman–Crippen MR) is 172 cm³/mol. The van der Waals surface area contributed by atoms with Crippen molar-refractivity contribution in [2.24, 2.45) is 0 Å². The number of nitrogens with one attached hydrogen (secondary N) is 1. The molecule has 2 amide bonds. The number of sulfonamides is 1. The van der Waals surface area contributed by atoms with Gasteiger partial charge in [-0.05, 0) is 68.1 Å². The third-order valence-electron chi connectivity index (χ3n) is 7.94. The zero-order valence-corrected chi connectivity index (χ0v) is 26.9. The highest BCUT2D eigenvalue weighted by atomic mass is 35.5. The van der Waals surface area contributed by atoms with Crippen LogP contribution in [0.2, 0.25) is 5.02 Å². The van der Waals surface area contributed by atoms with Gasteiger partial charge in [-0.3, -0.25) is 13.9 Å². The first-order chi connectivity index (χ1) is 21.1. The third-order valence-corrected chi connectivity index (χ3v) is 9.96. The van der Waals surface area contributed by atoms with Crippen LogP contribution in [-0.4, -0.2) is 64.5 Å². The van der Waals surface area contributed by atoms with E-state index in [4.69, 9.17) is 21.1 Å². The second-order valence-electron chi connectivity index (χ2n) is 10.8. The number of benzene rings is 3. The molecule has 3 aromatic rings. The number of hydrogen-bond acceptors (Lipinski definition) is 6. The third kappa shape index (κ3) is 8.24. The number of rotatable bonds is 13. The molecular formula is C33H40ClN3O6S. The largest absolute Gasteiger partial charge is 0.493 e. The van der Waals surface area contributed by atoms with E-state index in [0.29, 0.717) is 17.2 Å². The topological polar surface area (TPSA) is 105 Å². The normalized spacial score (nSPS) is 14.4. The summed E-state index contributed by atoms with van der Waals surface area (Å²) in [6, 6.07) is 19.4. The van der Waals surface area contributed by atoms with E-state index in [9.17, 15) is 18.0 Å². The molecule has 0 saturated heterocycles. The Hall–Kier alpha value is -3.76. The number of methoxy groups -OCH3 is 2. The highest BCUT2D eigenvalue weighted by molar-refractivity contribution is 7.92. The van der Waals surface area contributed by atoms with Crippen LogP contribution in [0.1, 0.15) is 44.6 Å². The van der Waals surface area contributed by atoms with Crippen molar-refractivity contribution in [3.8, 4) is 11.5 Å². The average Bonchev–Trinajstić information content (AvgIpc) is 3.04. The van der Waals surface area contributed by atoms with Gasteiger partial charge in [-0.2, -0.15) is 0 Å². The van der Waals surface area contributed by atoms with Crippen LogP contribution in [0.3, 0.4) is 0 Å². The van der Waals surface area contributed by atoms with E-state index in [-0.39, 0.29) is 34.8 Å². The van der Waals surface area contributed by atoms with Gasteiger partial charge in [0.2, 0.25) is 11.8 Å². The van der Waals surface area contributed by atoms with Crippen LogP contribution < -0.4 is 19.1 Å². The van der Waals surface area contributed by atoms with Crippen LogP contribution in [-0.2, 0) is 26.0 Å². The lowest BCUT2D eigenvalue weighted by atomic mass is 9.95. The molecule has 9 nitrogen and oxygen atoms in total. The molecule has 236 valence electrons. The van der Waals surface area contributed by atoms with E-state index in [1.807, 2.05) is 30.3 Å². The first-order valence-corrected chi connectivity index (χ1v) is 16.6. The summed E-state index contributed by atoms with van der Waals surface area (Å²) in [5.74, 6) is -0.163. The van der Waals surface area contributed by atoms with Crippen molar-refractivity contribution in [2.75, 3.05) is 31.6 Å². The predicted octanol–water partition coefficient (Wildman–Crippen LogP) is 5.46. The highest BCUT2D eigenvalue weighted by Crippen LogP contribution is 2.32. The smallest absolute Gasteiger partial charge is 0.264 e. The molecule has 1 fully saturated rings. The quantitative estimate of drug-likeness (QED) is 0.266. The van der Waals surface area contributed by atoms with Gasteiger partial charge < -0.3 is 19.7 Å². The lowest BCUT2D eigenvalue weighted by Gasteiger charge is -2.33. The van der Waals surface area contributed by atoms with Gasteiger partial charge in [0.1, 0.15) is 12.6 Å². The lowest BCUT2D eigenvalue weighted by molar-refractivity contribution is -0.139. The number of halogens is 1. The molecule has 1 aliphatic carbocycles. The SMILES string of the molecule is COc1ccc(S(=O)(=O)N(CC(=O)N(CCc2ccccc2)C(C)C(=O)NC2CCCCC2)c2ccc(Cl)cc2)cc1OC. The Bertz CT molecular complexity index is 1510. The molecule has 1 unspecified atom stereocenters. The minimum atomic E-state index is -4.28. The Balaban J connectivity index is 1.66. The van der Waals surface area contributed by atoms with Crippen LogP contribution in [0, 0.1) is 0 Å². The summed E-state index contributed by atoms with van der Waals surface area (Å²) in [6.45, 7) is 1.39. The second kappa shape index (κ2) is 15.3. The number of amides is 2. The zero-order chi connectivity index (χ0) is 31.7. The summed E-state index contributed by atoms with van der Waals surface area (Å²) < 4.78 is 39.9. The Morgan fingerprint density at radius 3 is 2.23 bits per heavy atom. The van der Waals surface area contributed by atoms with Crippen molar-refractivity contribution >= 4 is 39.1 Å². The first kappa shape index (κ1) is 33.1. The Morgan fingerprint density at radius 2 is 1.59 bits per heavy atom. The Kier molecular flexibility index (Phi) is 11.5. The van der Waals surface area contributed by atoms with Gasteiger partial charge >= 0.3 is 0 Å². The van der Waals surface area contributed by atoms with E-state index < -0.39 is 28.5 Å². The summed E-state index contributed by atoms with van der Waals surface area (Å²) in [5, 5.41) is 3.54. The number of anilines is 1. The molecule has 3 aromatic carbocycles. The molecule has 4 rings (SSSR count). The van der Waals surface area contributed by atoms with Crippen molar-refractivity contribution in [1.82, 2.24) is 10.2 Å². The van der Waals surface area contributed by atoms with Gasteiger partial charge in [-0.15, -0.1) is 0 Å². The molecular weight excluding hydrogens is 602 g/mol. The van der Waals surface area contributed by atoms with Crippen molar-refractivity contribution < 1.29 is 27.5 Å². The fourth-order valence-corrected chi connectivity index (χ4v) is 6.94. The fraction of sp³-hybridized carbons (Fsp3) is 0.394. The van der Waals surface area contributed by atoms with E-state index in [0.717, 1.165) is 42.0 Å². The van der Waals surface area contributed by atoms with Crippen LogP contribution in [0.5, 0.6) is 11.5 Å². The number of ether oxygens (including phenoxy) is 2. The monoisotopic (exact) mass is 641 g/mol. The van der Waals surface area contributed by atoms with Crippen molar-refractivity contribution in [3.05, 3.63) is 83.4 Å². The van der Waals surface area contributed by atoms with Gasteiger partial charge in [0, 0.05) is 23.7 Å². The average molecular weight is 642 g/mol.